The number of aromatic hydroxyl groups is 1. The number of benzene rings is 1. The maximum Gasteiger partial charge on any atom is 0.340 e. The van der Waals surface area contributed by atoms with Crippen molar-refractivity contribution in [2.45, 2.75) is 13.3 Å². The van der Waals surface area contributed by atoms with Gasteiger partial charge in [-0.1, -0.05) is 6.92 Å². The Labute approximate surface area is 96.3 Å². The van der Waals surface area contributed by atoms with Crippen molar-refractivity contribution in [3.8, 4) is 5.75 Å². The van der Waals surface area contributed by atoms with Crippen LogP contribution in [0, 0.1) is 5.82 Å². The molecule has 0 bridgehead atoms. The molecule has 0 aliphatic heterocycles. The van der Waals surface area contributed by atoms with Crippen LogP contribution in [0.4, 0.5) is 4.39 Å². The second-order valence-electron chi connectivity index (χ2n) is 3.60. The lowest BCUT2D eigenvalue weighted by molar-refractivity contribution is 0.0695. The summed E-state index contributed by atoms with van der Waals surface area (Å²) in [7, 11) is 0. The van der Waals surface area contributed by atoms with Crippen molar-refractivity contribution in [1.29, 1.82) is 0 Å². The number of pyridine rings is 1. The van der Waals surface area contributed by atoms with Crippen LogP contribution >= 0.6 is 0 Å². The molecule has 0 amide bonds. The third-order valence-corrected chi connectivity index (χ3v) is 2.54. The second-order valence-corrected chi connectivity index (χ2v) is 3.60. The van der Waals surface area contributed by atoms with Gasteiger partial charge in [0.25, 0.3) is 0 Å². The van der Waals surface area contributed by atoms with Crippen LogP contribution in [-0.2, 0) is 6.42 Å². The van der Waals surface area contributed by atoms with Gasteiger partial charge >= 0.3 is 5.97 Å². The Morgan fingerprint density at radius 3 is 2.76 bits per heavy atom. The van der Waals surface area contributed by atoms with Gasteiger partial charge in [-0.25, -0.2) is 14.2 Å². The van der Waals surface area contributed by atoms with E-state index < -0.39 is 17.5 Å². The average molecular weight is 235 g/mol. The molecule has 0 fully saturated rings. The number of hydrogen-bond donors (Lipinski definition) is 2. The maximum atomic E-state index is 13.1. The van der Waals surface area contributed by atoms with E-state index in [1.807, 2.05) is 0 Å². The van der Waals surface area contributed by atoms with Gasteiger partial charge in [-0.15, -0.1) is 0 Å². The summed E-state index contributed by atoms with van der Waals surface area (Å²) in [4.78, 5) is 15.2. The zero-order chi connectivity index (χ0) is 12.6. The summed E-state index contributed by atoms with van der Waals surface area (Å²) in [6.07, 6.45) is 0.402. The summed E-state index contributed by atoms with van der Waals surface area (Å²) in [5, 5.41) is 19.0. The molecule has 0 saturated heterocycles. The van der Waals surface area contributed by atoms with Crippen molar-refractivity contribution >= 4 is 16.9 Å². The summed E-state index contributed by atoms with van der Waals surface area (Å²) in [5.41, 5.74) is 0.353. The van der Waals surface area contributed by atoms with Crippen LogP contribution in [0.3, 0.4) is 0 Å². The molecule has 0 radical (unpaired) electrons. The molecular weight excluding hydrogens is 225 g/mol. The highest BCUT2D eigenvalue weighted by molar-refractivity contribution is 6.05. The number of carboxylic acids is 1. The number of rotatable bonds is 2. The smallest absolute Gasteiger partial charge is 0.340 e. The second kappa shape index (κ2) is 4.01. The molecule has 1 heterocycles. The summed E-state index contributed by atoms with van der Waals surface area (Å²) in [6.45, 7) is 1.75. The van der Waals surface area contributed by atoms with E-state index in [9.17, 15) is 14.3 Å². The molecule has 0 spiro atoms. The van der Waals surface area contributed by atoms with Crippen LogP contribution in [-0.4, -0.2) is 21.2 Å². The van der Waals surface area contributed by atoms with Gasteiger partial charge in [0.15, 0.2) is 5.75 Å². The predicted octanol–water partition coefficient (Wildman–Crippen LogP) is 2.34. The number of nitrogens with zero attached hydrogens (tertiary/aromatic N) is 1. The number of aromatic carboxylic acids is 1. The molecule has 1 aromatic carbocycles. The molecule has 0 aliphatic rings. The van der Waals surface area contributed by atoms with Crippen molar-refractivity contribution in [1.82, 2.24) is 4.98 Å². The quantitative estimate of drug-likeness (QED) is 0.838. The van der Waals surface area contributed by atoms with E-state index in [4.69, 9.17) is 5.11 Å². The van der Waals surface area contributed by atoms with Gasteiger partial charge in [-0.2, -0.15) is 0 Å². The molecule has 2 N–H and O–H groups in total. The average Bonchev–Trinajstić information content (AvgIpc) is 2.27. The number of carboxylic acid groups (broad SMARTS) is 1. The molecule has 17 heavy (non-hydrogen) atoms. The van der Waals surface area contributed by atoms with Crippen LogP contribution in [0.25, 0.3) is 10.9 Å². The maximum absolute atomic E-state index is 13.1. The SMILES string of the molecule is CCc1nc2ccc(F)cc2c(C(=O)O)c1O. The molecule has 5 heteroatoms. The van der Waals surface area contributed by atoms with E-state index in [2.05, 4.69) is 4.98 Å². The number of hydrogen-bond acceptors (Lipinski definition) is 3. The van der Waals surface area contributed by atoms with Crippen molar-refractivity contribution < 1.29 is 19.4 Å². The largest absolute Gasteiger partial charge is 0.505 e. The normalized spacial score (nSPS) is 10.7. The van der Waals surface area contributed by atoms with E-state index in [0.717, 1.165) is 6.07 Å². The molecule has 88 valence electrons. The van der Waals surface area contributed by atoms with E-state index >= 15 is 0 Å². The summed E-state index contributed by atoms with van der Waals surface area (Å²) in [6, 6.07) is 3.66. The first-order chi connectivity index (χ1) is 8.04. The Morgan fingerprint density at radius 2 is 2.18 bits per heavy atom. The highest BCUT2D eigenvalue weighted by atomic mass is 19.1. The van der Waals surface area contributed by atoms with Crippen LogP contribution in [0.1, 0.15) is 23.0 Å². The molecule has 2 rings (SSSR count). The van der Waals surface area contributed by atoms with E-state index in [1.165, 1.54) is 12.1 Å². The van der Waals surface area contributed by atoms with Crippen LogP contribution in [0.5, 0.6) is 5.75 Å². The Balaban J connectivity index is 2.92. The first-order valence-corrected chi connectivity index (χ1v) is 5.09. The number of halogens is 1. The van der Waals surface area contributed by atoms with Crippen molar-refractivity contribution in [2.24, 2.45) is 0 Å². The molecule has 0 saturated carbocycles. The minimum absolute atomic E-state index is 0.104. The minimum atomic E-state index is -1.30. The molecular formula is C12H10FNO3. The van der Waals surface area contributed by atoms with Crippen LogP contribution in [0.15, 0.2) is 18.2 Å². The third-order valence-electron chi connectivity index (χ3n) is 2.54. The molecule has 0 unspecified atom stereocenters. The van der Waals surface area contributed by atoms with Gasteiger partial charge in [0.1, 0.15) is 11.4 Å². The minimum Gasteiger partial charge on any atom is -0.505 e. The first-order valence-electron chi connectivity index (χ1n) is 5.09. The van der Waals surface area contributed by atoms with Crippen molar-refractivity contribution in [3.05, 3.63) is 35.3 Å². The lowest BCUT2D eigenvalue weighted by atomic mass is 10.1. The fourth-order valence-electron chi connectivity index (χ4n) is 1.74. The Morgan fingerprint density at radius 1 is 1.47 bits per heavy atom. The standard InChI is InChI=1S/C12H10FNO3/c1-2-8-11(15)10(12(16)17)7-5-6(13)3-4-9(7)14-8/h3-5,15H,2H2,1H3,(H,16,17). The van der Waals surface area contributed by atoms with Crippen molar-refractivity contribution in [3.63, 3.8) is 0 Å². The van der Waals surface area contributed by atoms with Gasteiger partial charge < -0.3 is 10.2 Å². The molecule has 0 aliphatic carbocycles. The van der Waals surface area contributed by atoms with Gasteiger partial charge in [0, 0.05) is 5.39 Å². The number of aryl methyl sites for hydroxylation is 1. The van der Waals surface area contributed by atoms with Crippen molar-refractivity contribution in [2.75, 3.05) is 0 Å². The predicted molar refractivity (Wildman–Crippen MR) is 59.7 cm³/mol. The monoisotopic (exact) mass is 235 g/mol. The van der Waals surface area contributed by atoms with E-state index in [-0.39, 0.29) is 10.9 Å². The van der Waals surface area contributed by atoms with Crippen LogP contribution in [0.2, 0.25) is 0 Å². The molecule has 4 nitrogen and oxygen atoms in total. The fourth-order valence-corrected chi connectivity index (χ4v) is 1.74. The van der Waals surface area contributed by atoms with Gasteiger partial charge in [-0.05, 0) is 24.6 Å². The lowest BCUT2D eigenvalue weighted by Gasteiger charge is -2.08. The van der Waals surface area contributed by atoms with E-state index in [0.29, 0.717) is 17.6 Å². The summed E-state index contributed by atoms with van der Waals surface area (Å²) >= 11 is 0. The Bertz CT molecular complexity index is 610. The van der Waals surface area contributed by atoms with Gasteiger partial charge in [-0.3, -0.25) is 0 Å². The molecule has 2 aromatic rings. The highest BCUT2D eigenvalue weighted by Gasteiger charge is 2.19. The van der Waals surface area contributed by atoms with Gasteiger partial charge in [0.2, 0.25) is 0 Å². The molecule has 1 aromatic heterocycles. The van der Waals surface area contributed by atoms with Gasteiger partial charge in [0.05, 0.1) is 11.2 Å². The van der Waals surface area contributed by atoms with E-state index in [1.54, 1.807) is 6.92 Å². The lowest BCUT2D eigenvalue weighted by Crippen LogP contribution is -2.03. The summed E-state index contributed by atoms with van der Waals surface area (Å²) in [5.74, 6) is -2.25. The fraction of sp³-hybridized carbons (Fsp3) is 0.167. The topological polar surface area (TPSA) is 70.4 Å². The number of aromatic nitrogens is 1. The van der Waals surface area contributed by atoms with Crippen LogP contribution < -0.4 is 0 Å². The Hall–Kier alpha value is -2.17. The third kappa shape index (κ3) is 1.80. The number of carbonyl (C=O) groups is 1. The number of fused-ring (bicyclic) bond motifs is 1. The Kier molecular flexibility index (Phi) is 2.67. The highest BCUT2D eigenvalue weighted by Crippen LogP contribution is 2.29. The first kappa shape index (κ1) is 11.3. The molecule has 0 atom stereocenters. The zero-order valence-corrected chi connectivity index (χ0v) is 9.07. The summed E-state index contributed by atoms with van der Waals surface area (Å²) < 4.78 is 13.1. The zero-order valence-electron chi connectivity index (χ0n) is 9.07.